The lowest BCUT2D eigenvalue weighted by Crippen LogP contribution is -2.06. The predicted octanol–water partition coefficient (Wildman–Crippen LogP) is 2.23. The molecule has 0 radical (unpaired) electrons. The van der Waals surface area contributed by atoms with E-state index in [1.165, 1.54) is 0 Å². The van der Waals surface area contributed by atoms with Crippen molar-refractivity contribution in [3.8, 4) is 0 Å². The third-order valence-corrected chi connectivity index (χ3v) is 2.18. The van der Waals surface area contributed by atoms with E-state index in [2.05, 4.69) is 15.3 Å². The fraction of sp³-hybridized carbons (Fsp3) is 0.0833. The van der Waals surface area contributed by atoms with Gasteiger partial charge in [0.2, 0.25) is 0 Å². The van der Waals surface area contributed by atoms with Gasteiger partial charge in [-0.2, -0.15) is 0 Å². The number of carbonyl (C=O) groups is 1. The van der Waals surface area contributed by atoms with Crippen molar-refractivity contribution < 1.29 is 9.90 Å². The summed E-state index contributed by atoms with van der Waals surface area (Å²) in [6.07, 6.45) is 3.27. The summed E-state index contributed by atoms with van der Waals surface area (Å²) in [4.78, 5) is 19.0. The fourth-order valence-corrected chi connectivity index (χ4v) is 1.41. The molecular weight excluding hydrogens is 218 g/mol. The number of anilines is 2. The minimum atomic E-state index is -1.06. The number of nitrogens with one attached hydrogen (secondary N) is 1. The summed E-state index contributed by atoms with van der Waals surface area (Å²) in [5, 5.41) is 12.0. The Balaban J connectivity index is 2.36. The van der Waals surface area contributed by atoms with Crippen LogP contribution in [0.15, 0.2) is 36.7 Å². The van der Waals surface area contributed by atoms with E-state index in [9.17, 15) is 4.79 Å². The lowest BCUT2D eigenvalue weighted by molar-refractivity contribution is 0.0691. The van der Waals surface area contributed by atoms with Gasteiger partial charge in [-0.25, -0.2) is 9.78 Å². The highest BCUT2D eigenvalue weighted by Crippen LogP contribution is 2.19. The lowest BCUT2D eigenvalue weighted by Gasteiger charge is -2.08. The molecule has 0 aliphatic rings. The first kappa shape index (κ1) is 11.1. The number of rotatable bonds is 3. The summed E-state index contributed by atoms with van der Waals surface area (Å²) in [6.45, 7) is 1.75. The monoisotopic (exact) mass is 229 g/mol. The van der Waals surface area contributed by atoms with Crippen molar-refractivity contribution in [2.24, 2.45) is 0 Å². The van der Waals surface area contributed by atoms with Crippen LogP contribution in [0.3, 0.4) is 0 Å². The van der Waals surface area contributed by atoms with E-state index in [-0.39, 0.29) is 5.69 Å². The summed E-state index contributed by atoms with van der Waals surface area (Å²) in [6, 6.07) is 7.02. The zero-order chi connectivity index (χ0) is 12.3. The van der Waals surface area contributed by atoms with Crippen LogP contribution in [0.4, 0.5) is 11.4 Å². The Morgan fingerprint density at radius 2 is 2.18 bits per heavy atom. The second-order valence-corrected chi connectivity index (χ2v) is 3.52. The van der Waals surface area contributed by atoms with Crippen LogP contribution in [-0.4, -0.2) is 21.0 Å². The molecule has 0 spiro atoms. The number of pyridine rings is 2. The standard InChI is InChI=1S/C12H11N3O2/c1-8-4-5-10(11(14-8)12(16)17)15-9-3-2-6-13-7-9/h2-7,15H,1H3,(H,16,17). The first-order chi connectivity index (χ1) is 8.16. The Morgan fingerprint density at radius 1 is 1.35 bits per heavy atom. The number of hydrogen-bond donors (Lipinski definition) is 2. The molecule has 0 aliphatic carbocycles. The van der Waals surface area contributed by atoms with Crippen LogP contribution in [-0.2, 0) is 0 Å². The van der Waals surface area contributed by atoms with Gasteiger partial charge in [-0.15, -0.1) is 0 Å². The number of carboxylic acids is 1. The molecule has 5 nitrogen and oxygen atoms in total. The average molecular weight is 229 g/mol. The van der Waals surface area contributed by atoms with Crippen LogP contribution in [0.25, 0.3) is 0 Å². The van der Waals surface area contributed by atoms with Gasteiger partial charge in [0.05, 0.1) is 17.6 Å². The normalized spacial score (nSPS) is 9.94. The van der Waals surface area contributed by atoms with Gasteiger partial charge >= 0.3 is 5.97 Å². The second kappa shape index (κ2) is 4.61. The fourth-order valence-electron chi connectivity index (χ4n) is 1.41. The van der Waals surface area contributed by atoms with Gasteiger partial charge in [-0.3, -0.25) is 4.98 Å². The van der Waals surface area contributed by atoms with Crippen LogP contribution < -0.4 is 5.32 Å². The summed E-state index contributed by atoms with van der Waals surface area (Å²) < 4.78 is 0. The van der Waals surface area contributed by atoms with E-state index in [1.807, 2.05) is 0 Å². The van der Waals surface area contributed by atoms with E-state index < -0.39 is 5.97 Å². The van der Waals surface area contributed by atoms with Gasteiger partial charge in [-0.05, 0) is 31.2 Å². The van der Waals surface area contributed by atoms with Gasteiger partial charge < -0.3 is 10.4 Å². The molecule has 0 fully saturated rings. The number of aromatic carboxylic acids is 1. The van der Waals surface area contributed by atoms with E-state index in [1.54, 1.807) is 43.6 Å². The van der Waals surface area contributed by atoms with Gasteiger partial charge in [-0.1, -0.05) is 0 Å². The van der Waals surface area contributed by atoms with Gasteiger partial charge in [0, 0.05) is 11.9 Å². The zero-order valence-electron chi connectivity index (χ0n) is 9.21. The molecule has 5 heteroatoms. The van der Waals surface area contributed by atoms with Crippen molar-refractivity contribution >= 4 is 17.3 Å². The van der Waals surface area contributed by atoms with E-state index in [0.717, 1.165) is 5.69 Å². The van der Waals surface area contributed by atoms with Crippen LogP contribution in [0.1, 0.15) is 16.2 Å². The molecule has 2 aromatic heterocycles. The van der Waals surface area contributed by atoms with E-state index >= 15 is 0 Å². The van der Waals surface area contributed by atoms with E-state index in [4.69, 9.17) is 5.11 Å². The third-order valence-electron chi connectivity index (χ3n) is 2.18. The SMILES string of the molecule is Cc1ccc(Nc2cccnc2)c(C(=O)O)n1. The minimum absolute atomic E-state index is 0.00820. The van der Waals surface area contributed by atoms with Gasteiger partial charge in [0.15, 0.2) is 5.69 Å². The van der Waals surface area contributed by atoms with Crippen LogP contribution in [0.5, 0.6) is 0 Å². The molecular formula is C12H11N3O2. The molecule has 0 unspecified atom stereocenters. The Hall–Kier alpha value is -2.43. The minimum Gasteiger partial charge on any atom is -0.476 e. The molecule has 0 atom stereocenters. The molecule has 2 N–H and O–H groups in total. The third kappa shape index (κ3) is 2.57. The number of aryl methyl sites for hydroxylation is 1. The molecule has 0 saturated carbocycles. The molecule has 2 heterocycles. The Bertz CT molecular complexity index is 541. The summed E-state index contributed by atoms with van der Waals surface area (Å²) in [5.74, 6) is -1.06. The number of carboxylic acid groups (broad SMARTS) is 1. The van der Waals surface area contributed by atoms with Crippen molar-refractivity contribution in [1.29, 1.82) is 0 Å². The molecule has 0 aromatic carbocycles. The van der Waals surface area contributed by atoms with Crippen molar-refractivity contribution in [2.45, 2.75) is 6.92 Å². The second-order valence-electron chi connectivity index (χ2n) is 3.52. The Kier molecular flexibility index (Phi) is 3.00. The number of nitrogens with zero attached hydrogens (tertiary/aromatic N) is 2. The molecule has 0 aliphatic heterocycles. The predicted molar refractivity (Wildman–Crippen MR) is 63.5 cm³/mol. The number of aromatic nitrogens is 2. The highest BCUT2D eigenvalue weighted by atomic mass is 16.4. The number of hydrogen-bond acceptors (Lipinski definition) is 4. The van der Waals surface area contributed by atoms with Crippen molar-refractivity contribution in [2.75, 3.05) is 5.32 Å². The maximum atomic E-state index is 11.0. The van der Waals surface area contributed by atoms with Crippen LogP contribution in [0, 0.1) is 6.92 Å². The largest absolute Gasteiger partial charge is 0.476 e. The molecule has 0 bridgehead atoms. The summed E-state index contributed by atoms with van der Waals surface area (Å²) in [5.41, 5.74) is 1.85. The lowest BCUT2D eigenvalue weighted by atomic mass is 10.2. The zero-order valence-corrected chi connectivity index (χ0v) is 9.21. The quantitative estimate of drug-likeness (QED) is 0.844. The van der Waals surface area contributed by atoms with Crippen LogP contribution in [0.2, 0.25) is 0 Å². The first-order valence-electron chi connectivity index (χ1n) is 5.05. The average Bonchev–Trinajstić information content (AvgIpc) is 2.32. The Morgan fingerprint density at radius 3 is 2.82 bits per heavy atom. The van der Waals surface area contributed by atoms with Crippen molar-refractivity contribution in [3.05, 3.63) is 48.0 Å². The van der Waals surface area contributed by atoms with Crippen molar-refractivity contribution in [1.82, 2.24) is 9.97 Å². The first-order valence-corrected chi connectivity index (χ1v) is 5.05. The summed E-state index contributed by atoms with van der Waals surface area (Å²) in [7, 11) is 0. The molecule has 2 rings (SSSR count). The van der Waals surface area contributed by atoms with Crippen LogP contribution >= 0.6 is 0 Å². The molecule has 17 heavy (non-hydrogen) atoms. The summed E-state index contributed by atoms with van der Waals surface area (Å²) >= 11 is 0. The van der Waals surface area contributed by atoms with Crippen molar-refractivity contribution in [3.63, 3.8) is 0 Å². The maximum Gasteiger partial charge on any atom is 0.356 e. The Labute approximate surface area is 98.2 Å². The topological polar surface area (TPSA) is 75.1 Å². The molecule has 0 saturated heterocycles. The molecule has 86 valence electrons. The molecule has 2 aromatic rings. The van der Waals surface area contributed by atoms with E-state index in [0.29, 0.717) is 11.4 Å². The maximum absolute atomic E-state index is 11.0. The van der Waals surface area contributed by atoms with Gasteiger partial charge in [0.25, 0.3) is 0 Å². The highest BCUT2D eigenvalue weighted by molar-refractivity contribution is 5.92. The smallest absolute Gasteiger partial charge is 0.356 e. The van der Waals surface area contributed by atoms with Gasteiger partial charge in [0.1, 0.15) is 0 Å². The molecule has 0 amide bonds. The highest BCUT2D eigenvalue weighted by Gasteiger charge is 2.12.